The van der Waals surface area contributed by atoms with E-state index in [1.165, 1.54) is 15.8 Å². The molecule has 1 aliphatic rings. The van der Waals surface area contributed by atoms with Crippen molar-refractivity contribution < 1.29 is 19.0 Å². The molecule has 0 saturated carbocycles. The van der Waals surface area contributed by atoms with Gasteiger partial charge in [0.2, 0.25) is 5.75 Å². The summed E-state index contributed by atoms with van der Waals surface area (Å²) in [6.07, 6.45) is 2.83. The molecule has 180 valence electrons. The molecule has 0 spiro atoms. The third kappa shape index (κ3) is 4.00. The molecule has 0 aliphatic carbocycles. The zero-order chi connectivity index (χ0) is 24.5. The number of H-pyrrole nitrogens is 1. The quantitative estimate of drug-likeness (QED) is 0.353. The maximum atomic E-state index is 14.0. The van der Waals surface area contributed by atoms with Crippen LogP contribution in [0.1, 0.15) is 33.2 Å². The number of rotatable bonds is 6. The van der Waals surface area contributed by atoms with Gasteiger partial charge in [0.15, 0.2) is 11.5 Å². The summed E-state index contributed by atoms with van der Waals surface area (Å²) in [7, 11) is 4.66. The molecule has 4 aromatic rings. The van der Waals surface area contributed by atoms with E-state index in [0.29, 0.717) is 29.4 Å². The SMILES string of the molecule is COc1cc(C(=O)N2CCc3c([nH]c4ccccc34)C2c2ccc(SC)cc2)cc(OC)c1OC. The first-order valence-electron chi connectivity index (χ1n) is 11.4. The van der Waals surface area contributed by atoms with Gasteiger partial charge in [-0.3, -0.25) is 4.79 Å². The second kappa shape index (κ2) is 9.58. The van der Waals surface area contributed by atoms with Crippen LogP contribution in [-0.2, 0) is 6.42 Å². The molecule has 1 aliphatic heterocycles. The van der Waals surface area contributed by atoms with Crippen molar-refractivity contribution in [3.8, 4) is 17.2 Å². The summed E-state index contributed by atoms with van der Waals surface area (Å²) in [4.78, 5) is 20.8. The summed E-state index contributed by atoms with van der Waals surface area (Å²) >= 11 is 1.70. The molecule has 1 N–H and O–H groups in total. The van der Waals surface area contributed by atoms with Crippen LogP contribution in [0.15, 0.2) is 65.6 Å². The summed E-state index contributed by atoms with van der Waals surface area (Å²) in [5, 5.41) is 1.22. The number of carbonyl (C=O) groups is 1. The number of aromatic amines is 1. The van der Waals surface area contributed by atoms with Crippen LogP contribution in [0.2, 0.25) is 0 Å². The van der Waals surface area contributed by atoms with Crippen LogP contribution in [0.25, 0.3) is 10.9 Å². The number of benzene rings is 3. The molecule has 1 amide bonds. The number of nitrogens with zero attached hydrogens (tertiary/aromatic N) is 1. The van der Waals surface area contributed by atoms with E-state index < -0.39 is 0 Å². The Morgan fingerprint density at radius 2 is 1.66 bits per heavy atom. The molecule has 0 fully saturated rings. The number of fused-ring (bicyclic) bond motifs is 3. The maximum absolute atomic E-state index is 14.0. The molecule has 5 rings (SSSR count). The highest BCUT2D eigenvalue weighted by molar-refractivity contribution is 7.98. The van der Waals surface area contributed by atoms with Gasteiger partial charge in [0.25, 0.3) is 5.91 Å². The van der Waals surface area contributed by atoms with Crippen LogP contribution in [0.3, 0.4) is 0 Å². The van der Waals surface area contributed by atoms with Crippen molar-refractivity contribution in [2.45, 2.75) is 17.4 Å². The van der Waals surface area contributed by atoms with Crippen LogP contribution in [-0.4, -0.2) is 49.9 Å². The Morgan fingerprint density at radius 1 is 0.971 bits per heavy atom. The fourth-order valence-electron chi connectivity index (χ4n) is 4.96. The Hall–Kier alpha value is -3.58. The lowest BCUT2D eigenvalue weighted by Gasteiger charge is -2.36. The molecule has 1 aromatic heterocycles. The number of aromatic nitrogens is 1. The highest BCUT2D eigenvalue weighted by Gasteiger charge is 2.35. The number of methoxy groups -OCH3 is 3. The standard InChI is InChI=1S/C28H28N2O4S/c1-32-23-15-18(16-24(33-2)27(23)34-3)28(31)30-14-13-21-20-7-5-6-8-22(20)29-25(21)26(30)17-9-11-19(35-4)12-10-17/h5-12,15-16,26,29H,13-14H2,1-4H3. The van der Waals surface area contributed by atoms with Crippen molar-refractivity contribution in [3.63, 3.8) is 0 Å². The Labute approximate surface area is 209 Å². The zero-order valence-electron chi connectivity index (χ0n) is 20.3. The second-order valence-corrected chi connectivity index (χ2v) is 9.28. The van der Waals surface area contributed by atoms with Gasteiger partial charge in [0.1, 0.15) is 0 Å². The Morgan fingerprint density at radius 3 is 2.29 bits per heavy atom. The van der Waals surface area contributed by atoms with E-state index in [-0.39, 0.29) is 11.9 Å². The molecule has 35 heavy (non-hydrogen) atoms. The maximum Gasteiger partial charge on any atom is 0.254 e. The van der Waals surface area contributed by atoms with Gasteiger partial charge in [0.05, 0.1) is 27.4 Å². The van der Waals surface area contributed by atoms with Crippen LogP contribution in [0.5, 0.6) is 17.2 Å². The third-order valence-electron chi connectivity index (χ3n) is 6.64. The van der Waals surface area contributed by atoms with Gasteiger partial charge < -0.3 is 24.1 Å². The number of para-hydroxylation sites is 1. The number of thioether (sulfide) groups is 1. The molecule has 0 radical (unpaired) electrons. The first-order chi connectivity index (χ1) is 17.1. The van der Waals surface area contributed by atoms with Crippen LogP contribution < -0.4 is 14.2 Å². The summed E-state index contributed by atoms with van der Waals surface area (Å²) < 4.78 is 16.5. The Balaban J connectivity index is 1.64. The van der Waals surface area contributed by atoms with E-state index in [0.717, 1.165) is 23.2 Å². The molecule has 6 nitrogen and oxygen atoms in total. The smallest absolute Gasteiger partial charge is 0.254 e. The fourth-order valence-corrected chi connectivity index (χ4v) is 5.37. The van der Waals surface area contributed by atoms with Crippen molar-refractivity contribution in [1.29, 1.82) is 0 Å². The van der Waals surface area contributed by atoms with Crippen molar-refractivity contribution in [1.82, 2.24) is 9.88 Å². The Bertz CT molecular complexity index is 1350. The second-order valence-electron chi connectivity index (χ2n) is 8.40. The van der Waals surface area contributed by atoms with Crippen LogP contribution in [0.4, 0.5) is 0 Å². The first kappa shape index (κ1) is 23.2. The first-order valence-corrected chi connectivity index (χ1v) is 12.7. The van der Waals surface area contributed by atoms with E-state index >= 15 is 0 Å². The van der Waals surface area contributed by atoms with Gasteiger partial charge in [-0.25, -0.2) is 0 Å². The van der Waals surface area contributed by atoms with Gasteiger partial charge in [-0.2, -0.15) is 0 Å². The van der Waals surface area contributed by atoms with Gasteiger partial charge in [-0.05, 0) is 54.1 Å². The number of amides is 1. The van der Waals surface area contributed by atoms with Crippen LogP contribution in [0, 0.1) is 0 Å². The number of hydrogen-bond acceptors (Lipinski definition) is 5. The molecule has 1 unspecified atom stereocenters. The van der Waals surface area contributed by atoms with Gasteiger partial charge >= 0.3 is 0 Å². The molecule has 1 atom stereocenters. The minimum absolute atomic E-state index is 0.0903. The van der Waals surface area contributed by atoms with Crippen molar-refractivity contribution in [2.75, 3.05) is 34.1 Å². The van der Waals surface area contributed by atoms with Crippen molar-refractivity contribution >= 4 is 28.6 Å². The molecule has 2 heterocycles. The van der Waals surface area contributed by atoms with Gasteiger partial charge in [-0.15, -0.1) is 11.8 Å². The average Bonchev–Trinajstić information content (AvgIpc) is 3.30. The van der Waals surface area contributed by atoms with Crippen LogP contribution >= 0.6 is 11.8 Å². The highest BCUT2D eigenvalue weighted by atomic mass is 32.2. The summed E-state index contributed by atoms with van der Waals surface area (Å²) in [6, 6.07) is 20.0. The summed E-state index contributed by atoms with van der Waals surface area (Å²) in [5.74, 6) is 1.29. The lowest BCUT2D eigenvalue weighted by atomic mass is 9.91. The molecule has 3 aromatic carbocycles. The topological polar surface area (TPSA) is 63.8 Å². The lowest BCUT2D eigenvalue weighted by Crippen LogP contribution is -2.40. The number of carbonyl (C=O) groups excluding carboxylic acids is 1. The minimum atomic E-state index is -0.242. The van der Waals surface area contributed by atoms with E-state index in [4.69, 9.17) is 14.2 Å². The molecular formula is C28H28N2O4S. The molecule has 7 heteroatoms. The molecular weight excluding hydrogens is 460 g/mol. The summed E-state index contributed by atoms with van der Waals surface area (Å²) in [5.41, 5.74) is 4.98. The van der Waals surface area contributed by atoms with Gasteiger partial charge in [-0.1, -0.05) is 30.3 Å². The van der Waals surface area contributed by atoms with Crippen molar-refractivity contribution in [2.24, 2.45) is 0 Å². The number of nitrogens with one attached hydrogen (secondary N) is 1. The predicted octanol–water partition coefficient (Wildman–Crippen LogP) is 5.70. The Kier molecular flexibility index (Phi) is 6.34. The zero-order valence-corrected chi connectivity index (χ0v) is 21.1. The summed E-state index contributed by atoms with van der Waals surface area (Å²) in [6.45, 7) is 0.597. The predicted molar refractivity (Wildman–Crippen MR) is 139 cm³/mol. The molecule has 0 saturated heterocycles. The monoisotopic (exact) mass is 488 g/mol. The molecule has 0 bridgehead atoms. The van der Waals surface area contributed by atoms with Gasteiger partial charge in [0, 0.05) is 33.6 Å². The van der Waals surface area contributed by atoms with E-state index in [9.17, 15) is 4.79 Å². The number of ether oxygens (including phenoxy) is 3. The van der Waals surface area contributed by atoms with Crippen molar-refractivity contribution in [3.05, 3.63) is 83.0 Å². The lowest BCUT2D eigenvalue weighted by molar-refractivity contribution is 0.0691. The highest BCUT2D eigenvalue weighted by Crippen LogP contribution is 2.42. The average molecular weight is 489 g/mol. The van der Waals surface area contributed by atoms with E-state index in [1.807, 2.05) is 11.0 Å². The van der Waals surface area contributed by atoms with E-state index in [1.54, 1.807) is 45.2 Å². The minimum Gasteiger partial charge on any atom is -0.493 e. The fraction of sp³-hybridized carbons (Fsp3) is 0.250. The normalized spacial score (nSPS) is 15.1. The number of hydrogen-bond donors (Lipinski definition) is 1. The van der Waals surface area contributed by atoms with E-state index in [2.05, 4.69) is 53.7 Å². The largest absolute Gasteiger partial charge is 0.493 e. The third-order valence-corrected chi connectivity index (χ3v) is 7.38.